The Morgan fingerprint density at radius 2 is 1.11 bits per heavy atom. The zero-order chi connectivity index (χ0) is 35.0. The molecule has 1 N–H and O–H groups in total. The molecule has 0 spiro atoms. The molecule has 0 bridgehead atoms. The summed E-state index contributed by atoms with van der Waals surface area (Å²) < 4.78 is 73.4. The van der Waals surface area contributed by atoms with Gasteiger partial charge < -0.3 is 18.9 Å². The quantitative estimate of drug-likeness (QED) is 0.165. The number of ether oxygens (including phenoxy) is 4. The number of carbonyl (C=O) groups is 2. The molecule has 0 aliphatic heterocycles. The van der Waals surface area contributed by atoms with Crippen molar-refractivity contribution in [3.63, 3.8) is 0 Å². The number of rotatable bonds is 14. The summed E-state index contributed by atoms with van der Waals surface area (Å²) in [7, 11) is -2.82. The normalized spacial score (nSPS) is 11.0. The number of esters is 2. The van der Waals surface area contributed by atoms with Gasteiger partial charge in [-0.25, -0.2) is 25.9 Å². The third kappa shape index (κ3) is 13.4. The minimum atomic E-state index is -3.67. The molecule has 0 atom stereocenters. The van der Waals surface area contributed by atoms with E-state index >= 15 is 0 Å². The van der Waals surface area contributed by atoms with Gasteiger partial charge in [0.15, 0.2) is 0 Å². The second kappa shape index (κ2) is 20.6. The first-order chi connectivity index (χ1) is 21.0. The van der Waals surface area contributed by atoms with Crippen LogP contribution in [0.4, 0.5) is 0 Å². The number of hydrogen-bond acceptors (Lipinski definition) is 10. The molecule has 0 heterocycles. The van der Waals surface area contributed by atoms with E-state index in [-0.39, 0.29) is 48.9 Å². The molecular weight excluding hydrogens is 739 g/mol. The van der Waals surface area contributed by atoms with Crippen molar-refractivity contribution in [2.24, 2.45) is 0 Å². The van der Waals surface area contributed by atoms with Gasteiger partial charge in [-0.2, -0.15) is 0 Å². The van der Waals surface area contributed by atoms with Crippen molar-refractivity contribution in [3.8, 4) is 11.5 Å². The molecule has 2 aromatic rings. The zero-order valence-electron chi connectivity index (χ0n) is 27.8. The van der Waals surface area contributed by atoms with Gasteiger partial charge in [-0.15, -0.1) is 0 Å². The first-order valence-corrected chi connectivity index (χ1v) is 19.1. The maximum Gasteiger partial charge on any atom is 0.307 e. The molecule has 2 rings (SSSR count). The van der Waals surface area contributed by atoms with Crippen LogP contribution in [0.25, 0.3) is 0 Å². The van der Waals surface area contributed by atoms with E-state index in [2.05, 4.69) is 27.3 Å². The Balaban J connectivity index is 0.000000816. The third-order valence-electron chi connectivity index (χ3n) is 6.14. The highest BCUT2D eigenvalue weighted by atomic mass is 127. The second-order valence-corrected chi connectivity index (χ2v) is 13.2. The van der Waals surface area contributed by atoms with Crippen molar-refractivity contribution in [1.29, 1.82) is 0 Å². The van der Waals surface area contributed by atoms with Crippen LogP contribution in [-0.2, 0) is 39.1 Å². The zero-order valence-corrected chi connectivity index (χ0v) is 31.6. The van der Waals surface area contributed by atoms with Gasteiger partial charge >= 0.3 is 11.9 Å². The van der Waals surface area contributed by atoms with Gasteiger partial charge in [0.2, 0.25) is 20.0 Å². The fraction of sp³-hybridized carbons (Fsp3) is 0.533. The Hall–Kier alpha value is -2.47. The molecule has 15 heteroatoms. The van der Waals surface area contributed by atoms with Gasteiger partial charge in [0.05, 0.1) is 50.1 Å². The molecule has 0 amide bonds. The molecule has 12 nitrogen and oxygen atoms in total. The third-order valence-corrected chi connectivity index (χ3v) is 10.1. The average Bonchev–Trinajstić information content (AvgIpc) is 2.96. The molecule has 0 saturated carbocycles. The SMILES string of the molecule is CCOC(=O)CCN(C)S(=O)(=O)c1c(C)cc(OC)cc1C.CCOC(=O)CCNS(=O)(=O)c1c(C)cc(OC)cc1C.CI. The summed E-state index contributed by atoms with van der Waals surface area (Å²) in [5.74, 6) is 0.384. The van der Waals surface area contributed by atoms with Gasteiger partial charge in [0, 0.05) is 20.1 Å². The van der Waals surface area contributed by atoms with E-state index in [1.54, 1.807) is 65.8 Å². The van der Waals surface area contributed by atoms with Gasteiger partial charge in [-0.05, 0) is 93.0 Å². The summed E-state index contributed by atoms with van der Waals surface area (Å²) in [5.41, 5.74) is 2.41. The molecule has 0 saturated heterocycles. The lowest BCUT2D eigenvalue weighted by molar-refractivity contribution is -0.144. The number of aryl methyl sites for hydroxylation is 4. The van der Waals surface area contributed by atoms with Gasteiger partial charge in [0.1, 0.15) is 11.5 Å². The van der Waals surface area contributed by atoms with E-state index in [1.165, 1.54) is 25.6 Å². The van der Waals surface area contributed by atoms with E-state index in [0.29, 0.717) is 33.8 Å². The van der Waals surface area contributed by atoms with E-state index in [1.807, 2.05) is 4.93 Å². The second-order valence-electron chi connectivity index (χ2n) is 9.52. The highest BCUT2D eigenvalue weighted by Crippen LogP contribution is 2.28. The Morgan fingerprint density at radius 1 is 0.733 bits per heavy atom. The van der Waals surface area contributed by atoms with Gasteiger partial charge in [0.25, 0.3) is 0 Å². The van der Waals surface area contributed by atoms with E-state index in [4.69, 9.17) is 18.9 Å². The average molecular weight is 787 g/mol. The Bertz CT molecular complexity index is 1430. The molecule has 45 heavy (non-hydrogen) atoms. The molecule has 0 aromatic heterocycles. The number of halogens is 1. The number of carbonyl (C=O) groups excluding carboxylic acids is 2. The van der Waals surface area contributed by atoms with E-state index in [9.17, 15) is 26.4 Å². The lowest BCUT2D eigenvalue weighted by Crippen LogP contribution is -2.30. The Labute approximate surface area is 282 Å². The van der Waals surface area contributed by atoms with Crippen LogP contribution in [0.1, 0.15) is 48.9 Å². The van der Waals surface area contributed by atoms with Crippen molar-refractivity contribution < 1.29 is 45.4 Å². The first kappa shape index (κ1) is 42.5. The van der Waals surface area contributed by atoms with Crippen LogP contribution in [0, 0.1) is 27.7 Å². The maximum atomic E-state index is 12.7. The summed E-state index contributed by atoms with van der Waals surface area (Å²) in [5, 5.41) is 0. The fourth-order valence-electron chi connectivity index (χ4n) is 4.24. The van der Waals surface area contributed by atoms with Crippen molar-refractivity contribution in [1.82, 2.24) is 9.03 Å². The molecule has 0 aliphatic carbocycles. The highest BCUT2D eigenvalue weighted by molar-refractivity contribution is 14.1. The van der Waals surface area contributed by atoms with Gasteiger partial charge in [-0.1, -0.05) is 22.6 Å². The molecule has 0 radical (unpaired) electrons. The van der Waals surface area contributed by atoms with Crippen LogP contribution in [0.3, 0.4) is 0 Å². The topological polar surface area (TPSA) is 155 Å². The van der Waals surface area contributed by atoms with Crippen LogP contribution in [0.15, 0.2) is 34.1 Å². The molecular formula is C30H47IN2O10S2. The van der Waals surface area contributed by atoms with Crippen LogP contribution in [-0.4, -0.2) is 85.6 Å². The minimum Gasteiger partial charge on any atom is -0.497 e. The van der Waals surface area contributed by atoms with Crippen LogP contribution >= 0.6 is 22.6 Å². The number of nitrogens with zero attached hydrogens (tertiary/aromatic N) is 1. The predicted molar refractivity (Wildman–Crippen MR) is 182 cm³/mol. The predicted octanol–water partition coefficient (Wildman–Crippen LogP) is 4.48. The summed E-state index contributed by atoms with van der Waals surface area (Å²) in [6.45, 7) is 10.9. The highest BCUT2D eigenvalue weighted by Gasteiger charge is 2.26. The lowest BCUT2D eigenvalue weighted by atomic mass is 10.1. The number of benzene rings is 2. The summed E-state index contributed by atoms with van der Waals surface area (Å²) in [6.07, 6.45) is 0.0269. The summed E-state index contributed by atoms with van der Waals surface area (Å²) in [4.78, 5) is 25.0. The van der Waals surface area contributed by atoms with Crippen LogP contribution in [0.2, 0.25) is 0 Å². The van der Waals surface area contributed by atoms with Gasteiger partial charge in [-0.3, -0.25) is 9.59 Å². The van der Waals surface area contributed by atoms with Crippen LogP contribution in [0.5, 0.6) is 11.5 Å². The number of methoxy groups -OCH3 is 2. The largest absolute Gasteiger partial charge is 0.497 e. The molecule has 2 aromatic carbocycles. The maximum absolute atomic E-state index is 12.7. The Kier molecular flexibility index (Phi) is 19.5. The molecule has 256 valence electrons. The van der Waals surface area contributed by atoms with Crippen molar-refractivity contribution in [3.05, 3.63) is 46.5 Å². The summed E-state index contributed by atoms with van der Waals surface area (Å²) in [6, 6.07) is 6.68. The minimum absolute atomic E-state index is 0.00131. The smallest absolute Gasteiger partial charge is 0.307 e. The number of sulfonamides is 2. The summed E-state index contributed by atoms with van der Waals surface area (Å²) >= 11 is 2.15. The van der Waals surface area contributed by atoms with Crippen molar-refractivity contribution >= 4 is 54.6 Å². The van der Waals surface area contributed by atoms with E-state index in [0.717, 1.165) is 0 Å². The first-order valence-electron chi connectivity index (χ1n) is 14.0. The monoisotopic (exact) mass is 786 g/mol. The standard InChI is InChI=1S/C15H23NO5S.C14H21NO5S.CH3I/c1-6-21-14(17)7-8-16(4)22(18,19)15-11(2)9-13(20-5)10-12(15)3;1-5-20-13(16)6-7-15-21(17,18)14-10(2)8-12(19-4)9-11(14)3;1-2/h9-10H,6-8H2,1-5H3;8-9,15H,5-7H2,1-4H3;1H3. The van der Waals surface area contributed by atoms with Crippen molar-refractivity contribution in [2.75, 3.05) is 52.5 Å². The van der Waals surface area contributed by atoms with Crippen molar-refractivity contribution in [2.45, 2.75) is 64.2 Å². The lowest BCUT2D eigenvalue weighted by Gasteiger charge is -2.20. The number of nitrogens with one attached hydrogen (secondary N) is 1. The van der Waals surface area contributed by atoms with Crippen LogP contribution < -0.4 is 14.2 Å². The van der Waals surface area contributed by atoms with E-state index < -0.39 is 32.0 Å². The number of hydrogen-bond donors (Lipinski definition) is 1. The molecule has 0 aliphatic rings. The number of alkyl halides is 1. The fourth-order valence-corrected chi connectivity index (χ4v) is 7.29. The molecule has 0 unspecified atom stereocenters. The molecule has 0 fully saturated rings. The Morgan fingerprint density at radius 3 is 1.49 bits per heavy atom.